The van der Waals surface area contributed by atoms with Crippen molar-refractivity contribution in [2.75, 3.05) is 5.75 Å². The van der Waals surface area contributed by atoms with E-state index in [0.29, 0.717) is 11.8 Å². The standard InChI is InChI=1S/C16H16Cl2S/c17-11-14-3-1-13(2-4-14)9-10-19-16-7-5-15(12-18)6-8-16/h1-8H,9-12H2. The third-order valence-corrected chi connectivity index (χ3v) is 4.55. The second-order valence-electron chi connectivity index (χ2n) is 4.33. The number of rotatable bonds is 6. The molecule has 0 aliphatic carbocycles. The average Bonchev–Trinajstić information content (AvgIpc) is 2.49. The maximum absolute atomic E-state index is 5.77. The van der Waals surface area contributed by atoms with Gasteiger partial charge in [-0.05, 0) is 35.2 Å². The molecule has 0 amide bonds. The van der Waals surface area contributed by atoms with Crippen molar-refractivity contribution in [1.82, 2.24) is 0 Å². The highest BCUT2D eigenvalue weighted by Crippen LogP contribution is 2.20. The van der Waals surface area contributed by atoms with E-state index in [0.717, 1.165) is 12.2 Å². The van der Waals surface area contributed by atoms with Crippen LogP contribution >= 0.6 is 35.0 Å². The molecule has 3 heteroatoms. The quantitative estimate of drug-likeness (QED) is 0.501. The first kappa shape index (κ1) is 14.8. The monoisotopic (exact) mass is 310 g/mol. The Hall–Kier alpha value is -0.630. The lowest BCUT2D eigenvalue weighted by atomic mass is 10.1. The number of halogens is 2. The zero-order valence-electron chi connectivity index (χ0n) is 10.6. The van der Waals surface area contributed by atoms with Crippen molar-refractivity contribution < 1.29 is 0 Å². The molecule has 100 valence electrons. The van der Waals surface area contributed by atoms with E-state index in [9.17, 15) is 0 Å². The van der Waals surface area contributed by atoms with Gasteiger partial charge in [0.25, 0.3) is 0 Å². The highest BCUT2D eigenvalue weighted by atomic mass is 35.5. The summed E-state index contributed by atoms with van der Waals surface area (Å²) in [6.07, 6.45) is 1.07. The molecular formula is C16H16Cl2S. The Morgan fingerprint density at radius 3 is 1.68 bits per heavy atom. The summed E-state index contributed by atoms with van der Waals surface area (Å²) in [5, 5.41) is 0. The Balaban J connectivity index is 1.81. The van der Waals surface area contributed by atoms with Crippen molar-refractivity contribution >= 4 is 35.0 Å². The van der Waals surface area contributed by atoms with Gasteiger partial charge in [0.2, 0.25) is 0 Å². The molecule has 0 saturated carbocycles. The van der Waals surface area contributed by atoms with E-state index in [4.69, 9.17) is 23.2 Å². The van der Waals surface area contributed by atoms with Gasteiger partial charge < -0.3 is 0 Å². The molecule has 0 aliphatic rings. The van der Waals surface area contributed by atoms with Crippen molar-refractivity contribution in [1.29, 1.82) is 0 Å². The molecule has 0 heterocycles. The van der Waals surface area contributed by atoms with Gasteiger partial charge in [0, 0.05) is 22.4 Å². The molecule has 0 spiro atoms. The summed E-state index contributed by atoms with van der Waals surface area (Å²) < 4.78 is 0. The van der Waals surface area contributed by atoms with E-state index in [1.165, 1.54) is 21.6 Å². The van der Waals surface area contributed by atoms with Gasteiger partial charge in [-0.3, -0.25) is 0 Å². The smallest absolute Gasteiger partial charge is 0.0474 e. The fraction of sp³-hybridized carbons (Fsp3) is 0.250. The van der Waals surface area contributed by atoms with Crippen LogP contribution in [0.2, 0.25) is 0 Å². The Kier molecular flexibility index (Phi) is 6.09. The van der Waals surface area contributed by atoms with Crippen LogP contribution in [0.5, 0.6) is 0 Å². The van der Waals surface area contributed by atoms with Gasteiger partial charge in [0.15, 0.2) is 0 Å². The number of aryl methyl sites for hydroxylation is 1. The largest absolute Gasteiger partial charge is 0.126 e. The summed E-state index contributed by atoms with van der Waals surface area (Å²) >= 11 is 13.4. The van der Waals surface area contributed by atoms with Crippen molar-refractivity contribution in [3.63, 3.8) is 0 Å². The van der Waals surface area contributed by atoms with Crippen LogP contribution in [-0.2, 0) is 18.2 Å². The fourth-order valence-corrected chi connectivity index (χ4v) is 3.01. The van der Waals surface area contributed by atoms with Gasteiger partial charge >= 0.3 is 0 Å². The zero-order chi connectivity index (χ0) is 13.5. The summed E-state index contributed by atoms with van der Waals surface area (Å²) in [7, 11) is 0. The number of alkyl halides is 2. The van der Waals surface area contributed by atoms with Crippen molar-refractivity contribution in [2.45, 2.75) is 23.1 Å². The molecule has 0 saturated heterocycles. The highest BCUT2D eigenvalue weighted by Gasteiger charge is 1.97. The lowest BCUT2D eigenvalue weighted by Gasteiger charge is -2.04. The maximum atomic E-state index is 5.77. The summed E-state index contributed by atoms with van der Waals surface area (Å²) in [6, 6.07) is 17.0. The maximum Gasteiger partial charge on any atom is 0.0474 e. The topological polar surface area (TPSA) is 0 Å². The Morgan fingerprint density at radius 1 is 0.684 bits per heavy atom. The first-order valence-corrected chi connectivity index (χ1v) is 8.29. The molecular weight excluding hydrogens is 295 g/mol. The Morgan fingerprint density at radius 2 is 1.16 bits per heavy atom. The molecule has 2 aromatic carbocycles. The molecule has 0 nitrogen and oxygen atoms in total. The first-order chi connectivity index (χ1) is 9.31. The molecule has 0 aromatic heterocycles. The summed E-state index contributed by atoms with van der Waals surface area (Å²) in [5.74, 6) is 2.25. The normalized spacial score (nSPS) is 10.6. The molecule has 0 bridgehead atoms. The molecule has 0 unspecified atom stereocenters. The summed E-state index contributed by atoms with van der Waals surface area (Å²) in [4.78, 5) is 1.30. The average molecular weight is 311 g/mol. The number of thioether (sulfide) groups is 1. The van der Waals surface area contributed by atoms with Crippen LogP contribution in [0, 0.1) is 0 Å². The van der Waals surface area contributed by atoms with Gasteiger partial charge in [-0.1, -0.05) is 36.4 Å². The molecule has 2 aromatic rings. The summed E-state index contributed by atoms with van der Waals surface area (Å²) in [6.45, 7) is 0. The third kappa shape index (κ3) is 4.76. The van der Waals surface area contributed by atoms with Gasteiger partial charge in [-0.15, -0.1) is 35.0 Å². The second kappa shape index (κ2) is 7.84. The molecule has 19 heavy (non-hydrogen) atoms. The Bertz CT molecular complexity index is 444. The van der Waals surface area contributed by atoms with E-state index in [1.807, 2.05) is 11.8 Å². The van der Waals surface area contributed by atoms with E-state index in [1.54, 1.807) is 0 Å². The predicted octanol–water partition coefficient (Wildman–Crippen LogP) is 5.50. The van der Waals surface area contributed by atoms with Gasteiger partial charge in [0.1, 0.15) is 0 Å². The fourth-order valence-electron chi connectivity index (χ4n) is 1.76. The number of hydrogen-bond donors (Lipinski definition) is 0. The Labute approximate surface area is 129 Å². The van der Waals surface area contributed by atoms with Gasteiger partial charge in [-0.2, -0.15) is 0 Å². The van der Waals surface area contributed by atoms with E-state index < -0.39 is 0 Å². The van der Waals surface area contributed by atoms with E-state index >= 15 is 0 Å². The van der Waals surface area contributed by atoms with Crippen molar-refractivity contribution in [3.05, 3.63) is 65.2 Å². The lowest BCUT2D eigenvalue weighted by molar-refractivity contribution is 1.15. The minimum absolute atomic E-state index is 0.581. The molecule has 0 aliphatic heterocycles. The number of hydrogen-bond acceptors (Lipinski definition) is 1. The van der Waals surface area contributed by atoms with Crippen molar-refractivity contribution in [3.8, 4) is 0 Å². The summed E-state index contributed by atoms with van der Waals surface area (Å²) in [5.41, 5.74) is 3.70. The minimum atomic E-state index is 0.581. The van der Waals surface area contributed by atoms with Crippen LogP contribution in [-0.4, -0.2) is 5.75 Å². The van der Waals surface area contributed by atoms with Gasteiger partial charge in [-0.25, -0.2) is 0 Å². The first-order valence-electron chi connectivity index (χ1n) is 6.23. The zero-order valence-corrected chi connectivity index (χ0v) is 12.9. The van der Waals surface area contributed by atoms with Crippen LogP contribution in [0.15, 0.2) is 53.4 Å². The SMILES string of the molecule is ClCc1ccc(CCSc2ccc(CCl)cc2)cc1. The lowest BCUT2D eigenvalue weighted by Crippen LogP contribution is -1.89. The van der Waals surface area contributed by atoms with Crippen LogP contribution < -0.4 is 0 Å². The van der Waals surface area contributed by atoms with E-state index in [2.05, 4.69) is 48.5 Å². The third-order valence-electron chi connectivity index (χ3n) is 2.91. The predicted molar refractivity (Wildman–Crippen MR) is 86.4 cm³/mol. The van der Waals surface area contributed by atoms with Crippen LogP contribution in [0.4, 0.5) is 0 Å². The van der Waals surface area contributed by atoms with E-state index in [-0.39, 0.29) is 0 Å². The van der Waals surface area contributed by atoms with Crippen LogP contribution in [0.25, 0.3) is 0 Å². The minimum Gasteiger partial charge on any atom is -0.126 e. The molecule has 2 rings (SSSR count). The van der Waals surface area contributed by atoms with Gasteiger partial charge in [0.05, 0.1) is 0 Å². The second-order valence-corrected chi connectivity index (χ2v) is 6.03. The molecule has 0 atom stereocenters. The molecule has 0 fully saturated rings. The van der Waals surface area contributed by atoms with Crippen molar-refractivity contribution in [2.24, 2.45) is 0 Å². The highest BCUT2D eigenvalue weighted by molar-refractivity contribution is 7.99. The van der Waals surface area contributed by atoms with Crippen LogP contribution in [0.3, 0.4) is 0 Å². The number of benzene rings is 2. The molecule has 0 N–H and O–H groups in total. The van der Waals surface area contributed by atoms with Crippen LogP contribution in [0.1, 0.15) is 16.7 Å². The molecule has 0 radical (unpaired) electrons.